The fourth-order valence-electron chi connectivity index (χ4n) is 2.68. The molecule has 106 valence electrons. The minimum atomic E-state index is -0.117. The van der Waals surface area contributed by atoms with E-state index in [0.717, 1.165) is 17.7 Å². The third kappa shape index (κ3) is 2.73. The van der Waals surface area contributed by atoms with Crippen molar-refractivity contribution in [3.63, 3.8) is 0 Å². The average molecular weight is 278 g/mol. The van der Waals surface area contributed by atoms with E-state index in [0.29, 0.717) is 0 Å². The maximum absolute atomic E-state index is 6.39. The fraction of sp³-hybridized carbons (Fsp3) is 0.167. The standard InChI is InChI=1S/C18H18N2O/c1-21-18-12-20-10-9-16(18)17(19)11-14-7-4-6-13-5-2-3-8-15(13)14/h2-10,12,17H,11,19H2,1H3. The Hall–Kier alpha value is -2.39. The van der Waals surface area contributed by atoms with Gasteiger partial charge in [0.25, 0.3) is 0 Å². The molecule has 1 unspecified atom stereocenters. The molecule has 3 rings (SSSR count). The highest BCUT2D eigenvalue weighted by atomic mass is 16.5. The summed E-state index contributed by atoms with van der Waals surface area (Å²) in [6, 6.07) is 16.5. The molecule has 21 heavy (non-hydrogen) atoms. The predicted molar refractivity (Wildman–Crippen MR) is 85.4 cm³/mol. The van der Waals surface area contributed by atoms with Crippen LogP contribution in [0, 0.1) is 0 Å². The number of pyridine rings is 1. The molecule has 0 aliphatic heterocycles. The highest BCUT2D eigenvalue weighted by molar-refractivity contribution is 5.85. The Balaban J connectivity index is 1.95. The third-order valence-corrected chi connectivity index (χ3v) is 3.76. The minimum absolute atomic E-state index is 0.117. The van der Waals surface area contributed by atoms with E-state index in [2.05, 4.69) is 47.4 Å². The van der Waals surface area contributed by atoms with Crippen molar-refractivity contribution in [2.75, 3.05) is 7.11 Å². The van der Waals surface area contributed by atoms with Crippen LogP contribution in [-0.2, 0) is 6.42 Å². The van der Waals surface area contributed by atoms with Gasteiger partial charge in [-0.3, -0.25) is 4.98 Å². The minimum Gasteiger partial charge on any atom is -0.495 e. The molecule has 3 nitrogen and oxygen atoms in total. The van der Waals surface area contributed by atoms with E-state index in [1.807, 2.05) is 6.07 Å². The molecule has 1 atom stereocenters. The highest BCUT2D eigenvalue weighted by Crippen LogP contribution is 2.27. The number of hydrogen-bond acceptors (Lipinski definition) is 3. The molecule has 0 aliphatic rings. The predicted octanol–water partition coefficient (Wildman–Crippen LogP) is 3.49. The van der Waals surface area contributed by atoms with Crippen LogP contribution in [-0.4, -0.2) is 12.1 Å². The van der Waals surface area contributed by atoms with Crippen LogP contribution in [0.1, 0.15) is 17.2 Å². The van der Waals surface area contributed by atoms with E-state index in [1.54, 1.807) is 19.5 Å². The summed E-state index contributed by atoms with van der Waals surface area (Å²) in [5.41, 5.74) is 8.62. The smallest absolute Gasteiger partial charge is 0.141 e. The second-order valence-corrected chi connectivity index (χ2v) is 5.07. The second-order valence-electron chi connectivity index (χ2n) is 5.07. The lowest BCUT2D eigenvalue weighted by molar-refractivity contribution is 0.403. The van der Waals surface area contributed by atoms with E-state index in [1.165, 1.54) is 16.3 Å². The topological polar surface area (TPSA) is 48.1 Å². The Labute approximate surface area is 124 Å². The third-order valence-electron chi connectivity index (χ3n) is 3.76. The number of benzene rings is 2. The van der Waals surface area contributed by atoms with E-state index in [-0.39, 0.29) is 6.04 Å². The molecule has 2 N–H and O–H groups in total. The molecule has 3 heteroatoms. The van der Waals surface area contributed by atoms with Gasteiger partial charge in [0.1, 0.15) is 5.75 Å². The average Bonchev–Trinajstić information content (AvgIpc) is 2.55. The number of nitrogens with two attached hydrogens (primary N) is 1. The van der Waals surface area contributed by atoms with Gasteiger partial charge in [-0.05, 0) is 28.8 Å². The van der Waals surface area contributed by atoms with Crippen molar-refractivity contribution >= 4 is 10.8 Å². The largest absolute Gasteiger partial charge is 0.495 e. The summed E-state index contributed by atoms with van der Waals surface area (Å²) in [7, 11) is 1.64. The zero-order valence-electron chi connectivity index (χ0n) is 12.0. The molecular formula is C18H18N2O. The van der Waals surface area contributed by atoms with E-state index >= 15 is 0 Å². The molecule has 3 aromatic rings. The zero-order valence-corrected chi connectivity index (χ0v) is 12.0. The first-order chi connectivity index (χ1) is 10.3. The monoisotopic (exact) mass is 278 g/mol. The van der Waals surface area contributed by atoms with Crippen molar-refractivity contribution in [2.24, 2.45) is 5.73 Å². The first-order valence-electron chi connectivity index (χ1n) is 6.99. The van der Waals surface area contributed by atoms with Crippen LogP contribution in [0.3, 0.4) is 0 Å². The van der Waals surface area contributed by atoms with Gasteiger partial charge in [-0.2, -0.15) is 0 Å². The molecule has 1 aromatic heterocycles. The quantitative estimate of drug-likeness (QED) is 0.794. The molecule has 2 aromatic carbocycles. The Kier molecular flexibility index (Phi) is 3.84. The summed E-state index contributed by atoms with van der Waals surface area (Å²) in [6.45, 7) is 0. The number of aromatic nitrogens is 1. The molecule has 1 heterocycles. The zero-order chi connectivity index (χ0) is 14.7. The van der Waals surface area contributed by atoms with Crippen molar-refractivity contribution < 1.29 is 4.74 Å². The molecule has 0 spiro atoms. The van der Waals surface area contributed by atoms with Crippen LogP contribution in [0.5, 0.6) is 5.75 Å². The molecule has 0 radical (unpaired) electrons. The number of methoxy groups -OCH3 is 1. The first kappa shape index (κ1) is 13.6. The van der Waals surface area contributed by atoms with Gasteiger partial charge in [0.05, 0.1) is 13.3 Å². The van der Waals surface area contributed by atoms with Crippen molar-refractivity contribution in [3.05, 3.63) is 72.1 Å². The van der Waals surface area contributed by atoms with Gasteiger partial charge in [-0.25, -0.2) is 0 Å². The van der Waals surface area contributed by atoms with E-state index < -0.39 is 0 Å². The normalized spacial score (nSPS) is 12.3. The maximum Gasteiger partial charge on any atom is 0.141 e. The van der Waals surface area contributed by atoms with Crippen molar-refractivity contribution in [1.82, 2.24) is 4.98 Å². The summed E-state index contributed by atoms with van der Waals surface area (Å²) in [6.07, 6.45) is 4.22. The van der Waals surface area contributed by atoms with Crippen LogP contribution in [0.15, 0.2) is 60.9 Å². The lowest BCUT2D eigenvalue weighted by Crippen LogP contribution is -2.14. The molecular weight excluding hydrogens is 260 g/mol. The highest BCUT2D eigenvalue weighted by Gasteiger charge is 2.13. The summed E-state index contributed by atoms with van der Waals surface area (Å²) in [5, 5.41) is 2.49. The maximum atomic E-state index is 6.39. The second kappa shape index (κ2) is 5.94. The van der Waals surface area contributed by atoms with Crippen LogP contribution in [0.25, 0.3) is 10.8 Å². The number of ether oxygens (including phenoxy) is 1. The number of nitrogens with zero attached hydrogens (tertiary/aromatic N) is 1. The van der Waals surface area contributed by atoms with Gasteiger partial charge >= 0.3 is 0 Å². The van der Waals surface area contributed by atoms with Crippen LogP contribution in [0.2, 0.25) is 0 Å². The molecule has 0 amide bonds. The molecule has 0 saturated heterocycles. The van der Waals surface area contributed by atoms with Crippen molar-refractivity contribution in [2.45, 2.75) is 12.5 Å². The van der Waals surface area contributed by atoms with Gasteiger partial charge in [-0.1, -0.05) is 42.5 Å². The van der Waals surface area contributed by atoms with Crippen LogP contribution in [0.4, 0.5) is 0 Å². The van der Waals surface area contributed by atoms with Gasteiger partial charge in [0.2, 0.25) is 0 Å². The van der Waals surface area contributed by atoms with Gasteiger partial charge in [0, 0.05) is 17.8 Å². The SMILES string of the molecule is COc1cnccc1C(N)Cc1cccc2ccccc12. The Morgan fingerprint density at radius 2 is 1.90 bits per heavy atom. The molecule has 0 aliphatic carbocycles. The van der Waals surface area contributed by atoms with Crippen LogP contribution >= 0.6 is 0 Å². The van der Waals surface area contributed by atoms with E-state index in [9.17, 15) is 0 Å². The fourth-order valence-corrected chi connectivity index (χ4v) is 2.68. The lowest BCUT2D eigenvalue weighted by atomic mass is 9.95. The summed E-state index contributed by atoms with van der Waals surface area (Å²) >= 11 is 0. The molecule has 0 saturated carbocycles. The Morgan fingerprint density at radius 1 is 1.10 bits per heavy atom. The number of fused-ring (bicyclic) bond motifs is 1. The first-order valence-corrected chi connectivity index (χ1v) is 6.99. The summed E-state index contributed by atoms with van der Waals surface area (Å²) < 4.78 is 5.35. The summed E-state index contributed by atoms with van der Waals surface area (Å²) in [5.74, 6) is 0.741. The van der Waals surface area contributed by atoms with Crippen molar-refractivity contribution in [1.29, 1.82) is 0 Å². The Morgan fingerprint density at radius 3 is 2.76 bits per heavy atom. The van der Waals surface area contributed by atoms with Crippen LogP contribution < -0.4 is 10.5 Å². The summed E-state index contributed by atoms with van der Waals surface area (Å²) in [4.78, 5) is 4.07. The van der Waals surface area contributed by atoms with E-state index in [4.69, 9.17) is 10.5 Å². The number of hydrogen-bond donors (Lipinski definition) is 1. The lowest BCUT2D eigenvalue weighted by Gasteiger charge is -2.16. The number of rotatable bonds is 4. The van der Waals surface area contributed by atoms with Crippen molar-refractivity contribution in [3.8, 4) is 5.75 Å². The van der Waals surface area contributed by atoms with Gasteiger partial charge < -0.3 is 10.5 Å². The van der Waals surface area contributed by atoms with Gasteiger partial charge in [0.15, 0.2) is 0 Å². The Bertz CT molecular complexity index is 750. The van der Waals surface area contributed by atoms with Gasteiger partial charge in [-0.15, -0.1) is 0 Å². The molecule has 0 bridgehead atoms. The molecule has 0 fully saturated rings.